The van der Waals surface area contributed by atoms with Crippen molar-refractivity contribution >= 4 is 17.3 Å². The van der Waals surface area contributed by atoms with E-state index in [2.05, 4.69) is 4.90 Å². The molecule has 18 heavy (non-hydrogen) atoms. The van der Waals surface area contributed by atoms with Gasteiger partial charge in [-0.05, 0) is 43.4 Å². The van der Waals surface area contributed by atoms with Gasteiger partial charge >= 0.3 is 5.97 Å². The number of hydrogen-bond donors (Lipinski definition) is 1. The first-order valence-corrected chi connectivity index (χ1v) is 6.43. The van der Waals surface area contributed by atoms with Gasteiger partial charge < -0.3 is 15.4 Å². The van der Waals surface area contributed by atoms with Crippen molar-refractivity contribution in [2.45, 2.75) is 25.3 Å². The maximum absolute atomic E-state index is 11.6. The maximum atomic E-state index is 11.6. The number of esters is 1. The van der Waals surface area contributed by atoms with Crippen LogP contribution in [0.5, 0.6) is 0 Å². The highest BCUT2D eigenvalue weighted by atomic mass is 16.5. The number of nitrogens with zero attached hydrogens (tertiary/aromatic N) is 1. The van der Waals surface area contributed by atoms with Crippen LogP contribution in [0, 0.1) is 5.92 Å². The van der Waals surface area contributed by atoms with E-state index in [1.807, 2.05) is 6.07 Å². The van der Waals surface area contributed by atoms with Crippen LogP contribution in [0.15, 0.2) is 18.2 Å². The molecule has 0 aromatic heterocycles. The molecule has 0 radical (unpaired) electrons. The van der Waals surface area contributed by atoms with Gasteiger partial charge in [0.05, 0.1) is 24.0 Å². The third-order valence-corrected chi connectivity index (χ3v) is 4.17. The molecule has 1 heterocycles. The zero-order valence-corrected chi connectivity index (χ0v) is 10.6. The Balaban J connectivity index is 1.93. The van der Waals surface area contributed by atoms with Crippen molar-refractivity contribution in [1.82, 2.24) is 0 Å². The Morgan fingerprint density at radius 2 is 2.28 bits per heavy atom. The number of anilines is 2. The number of methoxy groups -OCH3 is 1. The van der Waals surface area contributed by atoms with Gasteiger partial charge in [-0.1, -0.05) is 0 Å². The van der Waals surface area contributed by atoms with E-state index in [0.717, 1.165) is 23.8 Å². The second kappa shape index (κ2) is 4.19. The second-order valence-corrected chi connectivity index (χ2v) is 5.25. The number of nitrogens with two attached hydrogens (primary N) is 1. The largest absolute Gasteiger partial charge is 0.465 e. The molecule has 96 valence electrons. The van der Waals surface area contributed by atoms with Crippen molar-refractivity contribution < 1.29 is 9.53 Å². The van der Waals surface area contributed by atoms with Crippen molar-refractivity contribution in [3.05, 3.63) is 23.8 Å². The summed E-state index contributed by atoms with van der Waals surface area (Å²) < 4.78 is 4.76. The number of nitrogen functional groups attached to an aromatic ring is 1. The van der Waals surface area contributed by atoms with Crippen LogP contribution in [-0.4, -0.2) is 25.7 Å². The van der Waals surface area contributed by atoms with Crippen molar-refractivity contribution in [1.29, 1.82) is 0 Å². The molecule has 3 rings (SSSR count). The SMILES string of the molecule is COC(=O)c1ccc(N)c(N2CC3CCC2C3)c1. The number of ether oxygens (including phenoxy) is 1. The number of piperidine rings is 1. The summed E-state index contributed by atoms with van der Waals surface area (Å²) in [5.41, 5.74) is 8.36. The minimum absolute atomic E-state index is 0.305. The van der Waals surface area contributed by atoms with Crippen LogP contribution in [0.4, 0.5) is 11.4 Å². The molecule has 0 spiro atoms. The fraction of sp³-hybridized carbons (Fsp3) is 0.500. The number of carbonyl (C=O) groups excluding carboxylic acids is 1. The quantitative estimate of drug-likeness (QED) is 0.641. The van der Waals surface area contributed by atoms with Gasteiger partial charge in [0.15, 0.2) is 0 Å². The summed E-state index contributed by atoms with van der Waals surface area (Å²) >= 11 is 0. The van der Waals surface area contributed by atoms with Crippen LogP contribution >= 0.6 is 0 Å². The summed E-state index contributed by atoms with van der Waals surface area (Å²) in [4.78, 5) is 13.9. The Labute approximate surface area is 107 Å². The van der Waals surface area contributed by atoms with Gasteiger partial charge in [-0.3, -0.25) is 0 Å². The smallest absolute Gasteiger partial charge is 0.337 e. The van der Waals surface area contributed by atoms with Gasteiger partial charge in [0.1, 0.15) is 0 Å². The highest BCUT2D eigenvalue weighted by molar-refractivity contribution is 5.92. The first-order valence-electron chi connectivity index (χ1n) is 6.43. The lowest BCUT2D eigenvalue weighted by Crippen LogP contribution is -2.32. The lowest BCUT2D eigenvalue weighted by atomic mass is 10.1. The van der Waals surface area contributed by atoms with Crippen molar-refractivity contribution in [3.8, 4) is 0 Å². The molecular formula is C14H18N2O2. The third-order valence-electron chi connectivity index (χ3n) is 4.17. The number of fused-ring (bicyclic) bond motifs is 2. The fourth-order valence-electron chi connectivity index (χ4n) is 3.26. The molecule has 2 N–H and O–H groups in total. The molecule has 2 aliphatic rings. The molecule has 0 amide bonds. The highest BCUT2D eigenvalue weighted by Crippen LogP contribution is 2.42. The van der Waals surface area contributed by atoms with E-state index in [9.17, 15) is 4.79 Å². The number of rotatable bonds is 2. The first-order chi connectivity index (χ1) is 8.69. The topological polar surface area (TPSA) is 55.6 Å². The van der Waals surface area contributed by atoms with Crippen LogP contribution in [0.1, 0.15) is 29.6 Å². The summed E-state index contributed by atoms with van der Waals surface area (Å²) in [6, 6.07) is 5.99. The average molecular weight is 246 g/mol. The molecule has 1 aliphatic heterocycles. The molecule has 2 bridgehead atoms. The van der Waals surface area contributed by atoms with Gasteiger partial charge in [0, 0.05) is 12.6 Å². The van der Waals surface area contributed by atoms with Crippen LogP contribution < -0.4 is 10.6 Å². The molecular weight excluding hydrogens is 228 g/mol. The molecule has 2 unspecified atom stereocenters. The number of benzene rings is 1. The van der Waals surface area contributed by atoms with Crippen LogP contribution in [0.25, 0.3) is 0 Å². The highest BCUT2D eigenvalue weighted by Gasteiger charge is 2.38. The van der Waals surface area contributed by atoms with Gasteiger partial charge in [-0.2, -0.15) is 0 Å². The van der Waals surface area contributed by atoms with E-state index in [-0.39, 0.29) is 5.97 Å². The fourth-order valence-corrected chi connectivity index (χ4v) is 3.26. The van der Waals surface area contributed by atoms with Crippen molar-refractivity contribution in [2.75, 3.05) is 24.3 Å². The molecule has 1 aliphatic carbocycles. The van der Waals surface area contributed by atoms with E-state index < -0.39 is 0 Å². The lowest BCUT2D eigenvalue weighted by Gasteiger charge is -2.30. The Morgan fingerprint density at radius 3 is 2.89 bits per heavy atom. The van der Waals surface area contributed by atoms with Gasteiger partial charge in [-0.25, -0.2) is 4.79 Å². The Bertz CT molecular complexity index is 487. The van der Waals surface area contributed by atoms with E-state index in [1.54, 1.807) is 12.1 Å². The summed E-state index contributed by atoms with van der Waals surface area (Å²) in [6.45, 7) is 1.07. The first kappa shape index (κ1) is 11.4. The second-order valence-electron chi connectivity index (χ2n) is 5.25. The molecule has 4 nitrogen and oxygen atoms in total. The minimum Gasteiger partial charge on any atom is -0.465 e. The van der Waals surface area contributed by atoms with Crippen LogP contribution in [0.2, 0.25) is 0 Å². The van der Waals surface area contributed by atoms with E-state index in [0.29, 0.717) is 11.6 Å². The van der Waals surface area contributed by atoms with E-state index in [4.69, 9.17) is 10.5 Å². The molecule has 4 heteroatoms. The molecule has 1 aromatic carbocycles. The summed E-state index contributed by atoms with van der Waals surface area (Å²) in [5, 5.41) is 0. The minimum atomic E-state index is -0.305. The van der Waals surface area contributed by atoms with Gasteiger partial charge in [0.2, 0.25) is 0 Å². The standard InChI is InChI=1S/C14H18N2O2/c1-18-14(17)10-3-5-12(15)13(7-10)16-8-9-2-4-11(16)6-9/h3,5,7,9,11H,2,4,6,8,15H2,1H3. The molecule has 1 saturated carbocycles. The maximum Gasteiger partial charge on any atom is 0.337 e. The zero-order chi connectivity index (χ0) is 12.7. The van der Waals surface area contributed by atoms with E-state index >= 15 is 0 Å². The third kappa shape index (κ3) is 1.72. The Morgan fingerprint density at radius 1 is 1.44 bits per heavy atom. The number of hydrogen-bond acceptors (Lipinski definition) is 4. The summed E-state index contributed by atoms with van der Waals surface area (Å²) in [7, 11) is 1.40. The monoisotopic (exact) mass is 246 g/mol. The predicted octanol–water partition coefficient (Wildman–Crippen LogP) is 2.04. The van der Waals surface area contributed by atoms with Crippen LogP contribution in [0.3, 0.4) is 0 Å². The van der Waals surface area contributed by atoms with Gasteiger partial charge in [-0.15, -0.1) is 0 Å². The summed E-state index contributed by atoms with van der Waals surface area (Å²) in [5.74, 6) is 0.497. The number of carbonyl (C=O) groups is 1. The molecule has 2 atom stereocenters. The van der Waals surface area contributed by atoms with Crippen molar-refractivity contribution in [3.63, 3.8) is 0 Å². The molecule has 1 aromatic rings. The average Bonchev–Trinajstić information content (AvgIpc) is 3.00. The predicted molar refractivity (Wildman–Crippen MR) is 70.7 cm³/mol. The van der Waals surface area contributed by atoms with Gasteiger partial charge in [0.25, 0.3) is 0 Å². The van der Waals surface area contributed by atoms with E-state index in [1.165, 1.54) is 26.4 Å². The lowest BCUT2D eigenvalue weighted by molar-refractivity contribution is 0.0601. The van der Waals surface area contributed by atoms with Crippen LogP contribution in [-0.2, 0) is 4.74 Å². The van der Waals surface area contributed by atoms with Crippen molar-refractivity contribution in [2.24, 2.45) is 5.92 Å². The Kier molecular flexibility index (Phi) is 2.65. The summed E-state index contributed by atoms with van der Waals surface area (Å²) in [6.07, 6.45) is 3.84. The molecule has 1 saturated heterocycles. The molecule has 2 fully saturated rings. The Hall–Kier alpha value is -1.71. The normalized spacial score (nSPS) is 25.5. The zero-order valence-electron chi connectivity index (χ0n) is 10.6.